The smallest absolute Gasteiger partial charge is 0.0897 e. The highest BCUT2D eigenvalue weighted by molar-refractivity contribution is 7.09. The van der Waals surface area contributed by atoms with Crippen LogP contribution in [0.3, 0.4) is 0 Å². The second-order valence-corrected chi connectivity index (χ2v) is 6.19. The Labute approximate surface area is 115 Å². The van der Waals surface area contributed by atoms with E-state index in [4.69, 9.17) is 0 Å². The Morgan fingerprint density at radius 1 is 1.39 bits per heavy atom. The van der Waals surface area contributed by atoms with Gasteiger partial charge in [0.25, 0.3) is 0 Å². The van der Waals surface area contributed by atoms with Crippen molar-refractivity contribution in [2.45, 2.75) is 58.4 Å². The van der Waals surface area contributed by atoms with Gasteiger partial charge in [0.1, 0.15) is 0 Å². The highest BCUT2D eigenvalue weighted by Crippen LogP contribution is 2.22. The average Bonchev–Trinajstić information content (AvgIpc) is 2.76. The summed E-state index contributed by atoms with van der Waals surface area (Å²) in [5.74, 6) is 0. The standard InChI is InChI=1S/C15H24N2S/c1-3-16-14(9-13-7-5-4-6-8-13)10-15-11-18-12(2)17-15/h7,11,14,16H,3-6,8-10H2,1-2H3. The lowest BCUT2D eigenvalue weighted by atomic mass is 9.93. The van der Waals surface area contributed by atoms with Gasteiger partial charge in [0.2, 0.25) is 0 Å². The number of nitrogens with zero attached hydrogens (tertiary/aromatic N) is 1. The Bertz CT molecular complexity index is 395. The van der Waals surface area contributed by atoms with Crippen LogP contribution < -0.4 is 5.32 Å². The molecule has 2 rings (SSSR count). The molecule has 0 fully saturated rings. The SMILES string of the molecule is CCNC(CC1=CCCCC1)Cc1csc(C)n1. The van der Waals surface area contributed by atoms with Gasteiger partial charge < -0.3 is 5.32 Å². The summed E-state index contributed by atoms with van der Waals surface area (Å²) >= 11 is 1.76. The minimum atomic E-state index is 0.556. The van der Waals surface area contributed by atoms with Crippen molar-refractivity contribution in [2.24, 2.45) is 0 Å². The first-order chi connectivity index (χ1) is 8.78. The molecule has 0 saturated heterocycles. The molecule has 1 aromatic heterocycles. The molecule has 0 aliphatic heterocycles. The van der Waals surface area contributed by atoms with Crippen LogP contribution in [0.5, 0.6) is 0 Å². The number of rotatable bonds is 6. The monoisotopic (exact) mass is 264 g/mol. The fourth-order valence-corrected chi connectivity index (χ4v) is 3.29. The molecule has 0 bridgehead atoms. The van der Waals surface area contributed by atoms with Crippen LogP contribution in [0, 0.1) is 6.92 Å². The molecule has 2 nitrogen and oxygen atoms in total. The Hall–Kier alpha value is -0.670. The Morgan fingerprint density at radius 3 is 2.89 bits per heavy atom. The van der Waals surface area contributed by atoms with Crippen molar-refractivity contribution in [3.8, 4) is 0 Å². The number of hydrogen-bond acceptors (Lipinski definition) is 3. The second kappa shape index (κ2) is 7.05. The van der Waals surface area contributed by atoms with Gasteiger partial charge in [-0.3, -0.25) is 0 Å². The van der Waals surface area contributed by atoms with E-state index in [2.05, 4.69) is 35.6 Å². The number of allylic oxidation sites excluding steroid dienone is 1. The molecule has 1 heterocycles. The molecule has 1 N–H and O–H groups in total. The van der Waals surface area contributed by atoms with E-state index >= 15 is 0 Å². The van der Waals surface area contributed by atoms with Crippen molar-refractivity contribution in [2.75, 3.05) is 6.54 Å². The molecule has 1 aliphatic rings. The van der Waals surface area contributed by atoms with Crippen molar-refractivity contribution in [1.82, 2.24) is 10.3 Å². The molecular formula is C15H24N2S. The molecule has 0 amide bonds. The van der Waals surface area contributed by atoms with Gasteiger partial charge in [0.05, 0.1) is 10.7 Å². The van der Waals surface area contributed by atoms with Crippen LogP contribution in [0.1, 0.15) is 49.7 Å². The van der Waals surface area contributed by atoms with Crippen LogP contribution in [0.2, 0.25) is 0 Å². The lowest BCUT2D eigenvalue weighted by molar-refractivity contribution is 0.500. The first-order valence-corrected chi connectivity index (χ1v) is 7.98. The zero-order valence-electron chi connectivity index (χ0n) is 11.5. The lowest BCUT2D eigenvalue weighted by Crippen LogP contribution is -2.31. The number of likely N-dealkylation sites (N-methyl/N-ethyl adjacent to an activating group) is 1. The summed E-state index contributed by atoms with van der Waals surface area (Å²) in [6.07, 6.45) is 10.1. The molecular weight excluding hydrogens is 240 g/mol. The van der Waals surface area contributed by atoms with Gasteiger partial charge >= 0.3 is 0 Å². The topological polar surface area (TPSA) is 24.9 Å². The van der Waals surface area contributed by atoms with E-state index in [1.54, 1.807) is 16.9 Å². The third kappa shape index (κ3) is 4.21. The Morgan fingerprint density at radius 2 is 2.28 bits per heavy atom. The van der Waals surface area contributed by atoms with Crippen LogP contribution in [0.4, 0.5) is 0 Å². The van der Waals surface area contributed by atoms with Crippen molar-refractivity contribution >= 4 is 11.3 Å². The quantitative estimate of drug-likeness (QED) is 0.789. The molecule has 3 heteroatoms. The van der Waals surface area contributed by atoms with Crippen LogP contribution in [0.25, 0.3) is 0 Å². The minimum Gasteiger partial charge on any atom is -0.314 e. The maximum Gasteiger partial charge on any atom is 0.0897 e. The van der Waals surface area contributed by atoms with Crippen LogP contribution in [0.15, 0.2) is 17.0 Å². The number of aryl methyl sites for hydroxylation is 1. The van der Waals surface area contributed by atoms with Crippen molar-refractivity contribution in [3.63, 3.8) is 0 Å². The summed E-state index contributed by atoms with van der Waals surface area (Å²) in [5.41, 5.74) is 2.90. The first kappa shape index (κ1) is 13.8. The molecule has 0 aromatic carbocycles. The molecule has 0 saturated carbocycles. The van der Waals surface area contributed by atoms with Crippen molar-refractivity contribution in [3.05, 3.63) is 27.7 Å². The summed E-state index contributed by atoms with van der Waals surface area (Å²) < 4.78 is 0. The molecule has 100 valence electrons. The van der Waals surface area contributed by atoms with E-state index in [1.165, 1.54) is 42.8 Å². The molecule has 1 atom stereocenters. The van der Waals surface area contributed by atoms with Gasteiger partial charge in [-0.15, -0.1) is 11.3 Å². The van der Waals surface area contributed by atoms with E-state index in [9.17, 15) is 0 Å². The predicted molar refractivity (Wildman–Crippen MR) is 79.2 cm³/mol. The van der Waals surface area contributed by atoms with Gasteiger partial charge in [-0.05, 0) is 45.6 Å². The van der Waals surface area contributed by atoms with Crippen molar-refractivity contribution < 1.29 is 0 Å². The molecule has 1 aliphatic carbocycles. The number of thiazole rings is 1. The minimum absolute atomic E-state index is 0.556. The predicted octanol–water partition coefficient (Wildman–Crippen LogP) is 3.86. The van der Waals surface area contributed by atoms with Gasteiger partial charge in [-0.25, -0.2) is 4.98 Å². The summed E-state index contributed by atoms with van der Waals surface area (Å²) in [7, 11) is 0. The number of nitrogens with one attached hydrogen (secondary N) is 1. The van der Waals surface area contributed by atoms with E-state index < -0.39 is 0 Å². The maximum atomic E-state index is 4.58. The summed E-state index contributed by atoms with van der Waals surface area (Å²) in [5, 5.41) is 6.99. The van der Waals surface area contributed by atoms with Crippen molar-refractivity contribution in [1.29, 1.82) is 0 Å². The highest BCUT2D eigenvalue weighted by Gasteiger charge is 2.14. The Kier molecular flexibility index (Phi) is 5.39. The fraction of sp³-hybridized carbons (Fsp3) is 0.667. The Balaban J connectivity index is 1.92. The highest BCUT2D eigenvalue weighted by atomic mass is 32.1. The van der Waals surface area contributed by atoms with Crippen LogP contribution >= 0.6 is 11.3 Å². The second-order valence-electron chi connectivity index (χ2n) is 5.13. The third-order valence-electron chi connectivity index (χ3n) is 3.51. The lowest BCUT2D eigenvalue weighted by Gasteiger charge is -2.21. The van der Waals surface area contributed by atoms with Gasteiger partial charge in [-0.1, -0.05) is 18.6 Å². The largest absolute Gasteiger partial charge is 0.314 e. The zero-order chi connectivity index (χ0) is 12.8. The normalized spacial score (nSPS) is 17.6. The maximum absolute atomic E-state index is 4.58. The molecule has 0 spiro atoms. The summed E-state index contributed by atoms with van der Waals surface area (Å²) in [6.45, 7) is 5.32. The molecule has 0 radical (unpaired) electrons. The zero-order valence-corrected chi connectivity index (χ0v) is 12.4. The van der Waals surface area contributed by atoms with E-state index in [0.717, 1.165) is 13.0 Å². The van der Waals surface area contributed by atoms with Gasteiger partial charge in [-0.2, -0.15) is 0 Å². The van der Waals surface area contributed by atoms with E-state index in [1.807, 2.05) is 0 Å². The van der Waals surface area contributed by atoms with Crippen LogP contribution in [-0.4, -0.2) is 17.6 Å². The number of hydrogen-bond donors (Lipinski definition) is 1. The van der Waals surface area contributed by atoms with E-state index in [-0.39, 0.29) is 0 Å². The average molecular weight is 264 g/mol. The molecule has 18 heavy (non-hydrogen) atoms. The summed E-state index contributed by atoms with van der Waals surface area (Å²) in [4.78, 5) is 4.58. The molecule has 1 aromatic rings. The first-order valence-electron chi connectivity index (χ1n) is 7.10. The van der Waals surface area contributed by atoms with Gasteiger partial charge in [0, 0.05) is 17.8 Å². The fourth-order valence-electron chi connectivity index (χ4n) is 2.67. The number of aromatic nitrogens is 1. The van der Waals surface area contributed by atoms with Gasteiger partial charge in [0.15, 0.2) is 0 Å². The summed E-state index contributed by atoms with van der Waals surface area (Å²) in [6, 6.07) is 0.556. The molecule has 1 unspecified atom stereocenters. The third-order valence-corrected chi connectivity index (χ3v) is 4.33. The van der Waals surface area contributed by atoms with Crippen LogP contribution in [-0.2, 0) is 6.42 Å². The van der Waals surface area contributed by atoms with E-state index in [0.29, 0.717) is 6.04 Å².